The number of nitrogens with two attached hydrogens (primary N) is 1. The van der Waals surface area contributed by atoms with Gasteiger partial charge in [0.2, 0.25) is 0 Å². The van der Waals surface area contributed by atoms with Gasteiger partial charge in [0.25, 0.3) is 0 Å². The van der Waals surface area contributed by atoms with Gasteiger partial charge in [-0.3, -0.25) is 4.98 Å². The van der Waals surface area contributed by atoms with Gasteiger partial charge in [0.15, 0.2) is 0 Å². The lowest BCUT2D eigenvalue weighted by Gasteiger charge is -2.22. The van der Waals surface area contributed by atoms with Gasteiger partial charge >= 0.3 is 0 Å². The third kappa shape index (κ3) is 3.20. The third-order valence-corrected chi connectivity index (χ3v) is 3.54. The van der Waals surface area contributed by atoms with E-state index in [0.29, 0.717) is 12.4 Å². The van der Waals surface area contributed by atoms with E-state index in [1.165, 1.54) is 6.33 Å². The summed E-state index contributed by atoms with van der Waals surface area (Å²) < 4.78 is 0.726. The molecule has 0 saturated carbocycles. The van der Waals surface area contributed by atoms with Crippen LogP contribution in [0.4, 0.5) is 11.6 Å². The topological polar surface area (TPSA) is 67.9 Å². The highest BCUT2D eigenvalue weighted by Crippen LogP contribution is 2.28. The van der Waals surface area contributed by atoms with Crippen LogP contribution in [-0.2, 0) is 6.54 Å². The molecule has 0 aliphatic carbocycles. The van der Waals surface area contributed by atoms with E-state index >= 15 is 0 Å². The van der Waals surface area contributed by atoms with Crippen LogP contribution < -0.4 is 10.6 Å². The fourth-order valence-electron chi connectivity index (χ4n) is 1.81. The molecule has 100 valence electrons. The minimum atomic E-state index is 0.445. The first-order chi connectivity index (χ1) is 9.11. The zero-order chi connectivity index (χ0) is 13.8. The second kappa shape index (κ2) is 5.97. The fourth-order valence-corrected chi connectivity index (χ4v) is 2.27. The molecule has 2 aromatic heterocycles. The van der Waals surface area contributed by atoms with Crippen molar-refractivity contribution in [2.24, 2.45) is 0 Å². The highest BCUT2D eigenvalue weighted by molar-refractivity contribution is 9.10. The molecule has 2 heterocycles. The molecule has 0 spiro atoms. The van der Waals surface area contributed by atoms with E-state index in [2.05, 4.69) is 42.7 Å². The van der Waals surface area contributed by atoms with Crippen LogP contribution in [0.2, 0.25) is 0 Å². The number of aromatic nitrogens is 3. The maximum absolute atomic E-state index is 5.79. The van der Waals surface area contributed by atoms with Gasteiger partial charge < -0.3 is 10.6 Å². The number of anilines is 2. The molecule has 0 aromatic carbocycles. The van der Waals surface area contributed by atoms with E-state index in [-0.39, 0.29) is 0 Å². The number of nitrogen functional groups attached to an aromatic ring is 1. The van der Waals surface area contributed by atoms with E-state index in [4.69, 9.17) is 5.73 Å². The molecular formula is C13H16BrN5. The van der Waals surface area contributed by atoms with Crippen molar-refractivity contribution in [2.75, 3.05) is 17.2 Å². The summed E-state index contributed by atoms with van der Waals surface area (Å²) in [6.07, 6.45) is 1.47. The molecule has 0 saturated heterocycles. The molecule has 0 aliphatic heterocycles. The van der Waals surface area contributed by atoms with Crippen LogP contribution in [0.15, 0.2) is 29.0 Å². The fraction of sp³-hybridized carbons (Fsp3) is 0.308. The Balaban J connectivity index is 2.28. The van der Waals surface area contributed by atoms with Gasteiger partial charge in [-0.2, -0.15) is 0 Å². The normalized spacial score (nSPS) is 10.5. The van der Waals surface area contributed by atoms with Crippen molar-refractivity contribution in [3.05, 3.63) is 40.4 Å². The standard InChI is InChI=1S/C13H16BrN5/c1-3-19(7-10-6-4-5-9(2)18-10)13-11(14)12(15)16-8-17-13/h4-6,8H,3,7H2,1-2H3,(H2,15,16,17). The minimum absolute atomic E-state index is 0.445. The molecule has 0 atom stereocenters. The summed E-state index contributed by atoms with van der Waals surface area (Å²) in [6, 6.07) is 6.00. The molecule has 2 rings (SSSR count). The average molecular weight is 322 g/mol. The van der Waals surface area contributed by atoms with Gasteiger partial charge in [-0.25, -0.2) is 9.97 Å². The van der Waals surface area contributed by atoms with Gasteiger partial charge in [0.05, 0.1) is 12.2 Å². The second-order valence-corrected chi connectivity index (χ2v) is 4.97. The number of hydrogen-bond donors (Lipinski definition) is 1. The number of aryl methyl sites for hydroxylation is 1. The maximum atomic E-state index is 5.79. The van der Waals surface area contributed by atoms with E-state index in [1.54, 1.807) is 0 Å². The van der Waals surface area contributed by atoms with E-state index < -0.39 is 0 Å². The largest absolute Gasteiger partial charge is 0.383 e. The van der Waals surface area contributed by atoms with Crippen molar-refractivity contribution in [3.63, 3.8) is 0 Å². The van der Waals surface area contributed by atoms with Gasteiger partial charge in [-0.1, -0.05) is 6.07 Å². The molecule has 0 radical (unpaired) electrons. The molecule has 5 nitrogen and oxygen atoms in total. The number of rotatable bonds is 4. The average Bonchev–Trinajstić information content (AvgIpc) is 2.40. The van der Waals surface area contributed by atoms with E-state index in [1.807, 2.05) is 25.1 Å². The van der Waals surface area contributed by atoms with Crippen LogP contribution in [0.25, 0.3) is 0 Å². The third-order valence-electron chi connectivity index (χ3n) is 2.78. The molecule has 0 bridgehead atoms. The molecule has 19 heavy (non-hydrogen) atoms. The summed E-state index contributed by atoms with van der Waals surface area (Å²) in [5.74, 6) is 1.24. The summed E-state index contributed by atoms with van der Waals surface area (Å²) in [5, 5.41) is 0. The zero-order valence-corrected chi connectivity index (χ0v) is 12.6. The Bertz CT molecular complexity index is 573. The van der Waals surface area contributed by atoms with Crippen LogP contribution in [0.1, 0.15) is 18.3 Å². The van der Waals surface area contributed by atoms with E-state index in [0.717, 1.165) is 28.2 Å². The van der Waals surface area contributed by atoms with Crippen molar-refractivity contribution in [3.8, 4) is 0 Å². The molecular weight excluding hydrogens is 306 g/mol. The number of nitrogens with zero attached hydrogens (tertiary/aromatic N) is 4. The Labute approximate surface area is 121 Å². The van der Waals surface area contributed by atoms with Crippen molar-refractivity contribution in [1.29, 1.82) is 0 Å². The lowest BCUT2D eigenvalue weighted by Crippen LogP contribution is -2.24. The monoisotopic (exact) mass is 321 g/mol. The summed E-state index contributed by atoms with van der Waals surface area (Å²) in [4.78, 5) is 14.9. The first-order valence-electron chi connectivity index (χ1n) is 6.05. The highest BCUT2D eigenvalue weighted by Gasteiger charge is 2.13. The number of hydrogen-bond acceptors (Lipinski definition) is 5. The van der Waals surface area contributed by atoms with Crippen LogP contribution in [0, 0.1) is 6.92 Å². The van der Waals surface area contributed by atoms with Crippen LogP contribution >= 0.6 is 15.9 Å². The van der Waals surface area contributed by atoms with Crippen molar-refractivity contribution in [2.45, 2.75) is 20.4 Å². The molecule has 2 N–H and O–H groups in total. The lowest BCUT2D eigenvalue weighted by molar-refractivity contribution is 0.785. The molecule has 2 aromatic rings. The van der Waals surface area contributed by atoms with Crippen LogP contribution in [-0.4, -0.2) is 21.5 Å². The summed E-state index contributed by atoms with van der Waals surface area (Å²) >= 11 is 3.44. The molecule has 0 amide bonds. The van der Waals surface area contributed by atoms with Gasteiger partial charge in [-0.15, -0.1) is 0 Å². The Hall–Kier alpha value is -1.69. The van der Waals surface area contributed by atoms with Gasteiger partial charge in [0.1, 0.15) is 22.4 Å². The smallest absolute Gasteiger partial charge is 0.148 e. The summed E-state index contributed by atoms with van der Waals surface area (Å²) in [7, 11) is 0. The van der Waals surface area contributed by atoms with Crippen LogP contribution in [0.5, 0.6) is 0 Å². The molecule has 6 heteroatoms. The lowest BCUT2D eigenvalue weighted by atomic mass is 10.3. The molecule has 0 fully saturated rings. The van der Waals surface area contributed by atoms with Crippen molar-refractivity contribution in [1.82, 2.24) is 15.0 Å². The summed E-state index contributed by atoms with van der Waals surface area (Å²) in [6.45, 7) is 5.55. The molecule has 0 unspecified atom stereocenters. The molecule has 0 aliphatic rings. The predicted molar refractivity (Wildman–Crippen MR) is 79.8 cm³/mol. The predicted octanol–water partition coefficient (Wildman–Crippen LogP) is 2.55. The number of pyridine rings is 1. The quantitative estimate of drug-likeness (QED) is 0.937. The Kier molecular flexibility index (Phi) is 4.31. The first kappa shape index (κ1) is 13.7. The van der Waals surface area contributed by atoms with Gasteiger partial charge in [0, 0.05) is 12.2 Å². The van der Waals surface area contributed by atoms with Crippen LogP contribution in [0.3, 0.4) is 0 Å². The summed E-state index contributed by atoms with van der Waals surface area (Å²) in [5.41, 5.74) is 7.80. The zero-order valence-electron chi connectivity index (χ0n) is 11.0. The Morgan fingerprint density at radius 2 is 2.11 bits per heavy atom. The van der Waals surface area contributed by atoms with Crippen molar-refractivity contribution < 1.29 is 0 Å². The SMILES string of the molecule is CCN(Cc1cccc(C)n1)c1ncnc(N)c1Br. The second-order valence-electron chi connectivity index (χ2n) is 4.18. The Morgan fingerprint density at radius 1 is 1.32 bits per heavy atom. The Morgan fingerprint density at radius 3 is 2.79 bits per heavy atom. The minimum Gasteiger partial charge on any atom is -0.383 e. The van der Waals surface area contributed by atoms with Gasteiger partial charge in [-0.05, 0) is 41.9 Å². The van der Waals surface area contributed by atoms with Crippen molar-refractivity contribution >= 4 is 27.6 Å². The highest BCUT2D eigenvalue weighted by atomic mass is 79.9. The number of halogens is 1. The van der Waals surface area contributed by atoms with E-state index in [9.17, 15) is 0 Å². The first-order valence-corrected chi connectivity index (χ1v) is 6.84. The maximum Gasteiger partial charge on any atom is 0.148 e.